The monoisotopic (exact) mass is 325 g/mol. The summed E-state index contributed by atoms with van der Waals surface area (Å²) in [7, 11) is 0. The van der Waals surface area contributed by atoms with Crippen LogP contribution in [0.4, 0.5) is 0 Å². The fourth-order valence-electron chi connectivity index (χ4n) is 1.62. The van der Waals surface area contributed by atoms with Crippen LogP contribution in [-0.2, 0) is 6.54 Å². The van der Waals surface area contributed by atoms with E-state index in [1.165, 1.54) is 25.0 Å². The van der Waals surface area contributed by atoms with Crippen LogP contribution in [0.15, 0.2) is 12.1 Å². The van der Waals surface area contributed by atoms with E-state index in [0.29, 0.717) is 21.6 Å². The maximum atomic E-state index is 6.12. The summed E-state index contributed by atoms with van der Waals surface area (Å²) in [6.07, 6.45) is 5.85. The predicted molar refractivity (Wildman–Crippen MR) is 85.4 cm³/mol. The van der Waals surface area contributed by atoms with Gasteiger partial charge in [0.1, 0.15) is 0 Å². The van der Waals surface area contributed by atoms with Gasteiger partial charge in [0.25, 0.3) is 0 Å². The smallest absolute Gasteiger partial charge is 0.0652 e. The Bertz CT molecular complexity index is 371. The lowest BCUT2D eigenvalue weighted by Gasteiger charge is -2.09. The second-order valence-corrected chi connectivity index (χ2v) is 6.23. The van der Waals surface area contributed by atoms with E-state index < -0.39 is 0 Å². The van der Waals surface area contributed by atoms with E-state index in [4.69, 9.17) is 34.8 Å². The Kier molecular flexibility index (Phi) is 8.53. The summed E-state index contributed by atoms with van der Waals surface area (Å²) in [5.41, 5.74) is 0.884. The van der Waals surface area contributed by atoms with Gasteiger partial charge in [0.05, 0.1) is 10.0 Å². The molecule has 18 heavy (non-hydrogen) atoms. The number of halogens is 3. The van der Waals surface area contributed by atoms with Crippen molar-refractivity contribution in [1.29, 1.82) is 0 Å². The molecule has 1 aromatic carbocycles. The first-order valence-corrected chi connectivity index (χ1v) is 8.51. The number of unbranched alkanes of at least 4 members (excludes halogenated alkanes) is 2. The van der Waals surface area contributed by atoms with Crippen LogP contribution in [0.3, 0.4) is 0 Å². The molecule has 0 amide bonds. The Balaban J connectivity index is 2.29. The van der Waals surface area contributed by atoms with Crippen molar-refractivity contribution >= 4 is 46.6 Å². The molecule has 1 nitrogen and oxygen atoms in total. The molecule has 0 fully saturated rings. The third-order valence-electron chi connectivity index (χ3n) is 2.64. The molecule has 5 heteroatoms. The highest BCUT2D eigenvalue weighted by atomic mass is 35.5. The zero-order valence-electron chi connectivity index (χ0n) is 10.4. The van der Waals surface area contributed by atoms with Crippen molar-refractivity contribution in [1.82, 2.24) is 5.32 Å². The number of hydrogen-bond acceptors (Lipinski definition) is 2. The maximum Gasteiger partial charge on any atom is 0.0652 e. The van der Waals surface area contributed by atoms with Crippen molar-refractivity contribution in [2.24, 2.45) is 0 Å². The molecular weight excluding hydrogens is 309 g/mol. The van der Waals surface area contributed by atoms with Crippen LogP contribution >= 0.6 is 46.6 Å². The highest BCUT2D eigenvalue weighted by Gasteiger charge is 2.08. The second kappa shape index (κ2) is 9.33. The van der Waals surface area contributed by atoms with Gasteiger partial charge < -0.3 is 5.32 Å². The lowest BCUT2D eigenvalue weighted by molar-refractivity contribution is 0.619. The Hall–Kier alpha value is 0.400. The Labute approximate surface area is 129 Å². The molecule has 0 saturated heterocycles. The van der Waals surface area contributed by atoms with Gasteiger partial charge in [-0.3, -0.25) is 0 Å². The molecule has 0 aromatic heterocycles. The van der Waals surface area contributed by atoms with Gasteiger partial charge in [-0.25, -0.2) is 0 Å². The highest BCUT2D eigenvalue weighted by Crippen LogP contribution is 2.31. The van der Waals surface area contributed by atoms with E-state index >= 15 is 0 Å². The van der Waals surface area contributed by atoms with Crippen molar-refractivity contribution in [2.75, 3.05) is 18.6 Å². The molecular formula is C13H18Cl3NS. The topological polar surface area (TPSA) is 12.0 Å². The Morgan fingerprint density at radius 1 is 1.06 bits per heavy atom. The molecule has 0 aliphatic heterocycles. The number of nitrogens with one attached hydrogen (secondary N) is 1. The minimum Gasteiger partial charge on any atom is -0.313 e. The lowest BCUT2D eigenvalue weighted by Crippen LogP contribution is -2.15. The van der Waals surface area contributed by atoms with Crippen LogP contribution in [0.25, 0.3) is 0 Å². The molecule has 0 heterocycles. The third kappa shape index (κ3) is 5.58. The highest BCUT2D eigenvalue weighted by molar-refractivity contribution is 7.98. The largest absolute Gasteiger partial charge is 0.313 e. The maximum absolute atomic E-state index is 6.12. The van der Waals surface area contributed by atoms with Crippen LogP contribution in [0.1, 0.15) is 24.8 Å². The molecule has 1 aromatic rings. The van der Waals surface area contributed by atoms with Crippen LogP contribution in [0.5, 0.6) is 0 Å². The molecule has 0 aliphatic carbocycles. The summed E-state index contributed by atoms with van der Waals surface area (Å²) >= 11 is 20.1. The zero-order valence-corrected chi connectivity index (χ0v) is 13.5. The Morgan fingerprint density at radius 2 is 1.78 bits per heavy atom. The van der Waals surface area contributed by atoms with E-state index in [2.05, 4.69) is 11.6 Å². The van der Waals surface area contributed by atoms with E-state index in [1.54, 1.807) is 12.1 Å². The summed E-state index contributed by atoms with van der Waals surface area (Å²) in [5.74, 6) is 1.24. The molecule has 102 valence electrons. The van der Waals surface area contributed by atoms with Gasteiger partial charge in [-0.15, -0.1) is 0 Å². The van der Waals surface area contributed by atoms with E-state index in [0.717, 1.165) is 12.1 Å². The minimum absolute atomic E-state index is 0.554. The molecule has 0 radical (unpaired) electrons. The first-order chi connectivity index (χ1) is 8.66. The lowest BCUT2D eigenvalue weighted by atomic mass is 10.2. The quantitative estimate of drug-likeness (QED) is 0.516. The van der Waals surface area contributed by atoms with Gasteiger partial charge in [-0.05, 0) is 43.5 Å². The van der Waals surface area contributed by atoms with Crippen LogP contribution in [-0.4, -0.2) is 18.6 Å². The van der Waals surface area contributed by atoms with E-state index in [1.807, 2.05) is 11.8 Å². The fraction of sp³-hybridized carbons (Fsp3) is 0.538. The van der Waals surface area contributed by atoms with Gasteiger partial charge in [-0.2, -0.15) is 11.8 Å². The normalized spacial score (nSPS) is 10.9. The molecule has 0 spiro atoms. The van der Waals surface area contributed by atoms with Gasteiger partial charge in [-0.1, -0.05) is 41.2 Å². The van der Waals surface area contributed by atoms with Crippen LogP contribution in [0.2, 0.25) is 15.1 Å². The standard InChI is InChI=1S/C13H18Cl3NS/c1-18-8-4-2-3-7-17-9-10-11(14)5-6-12(15)13(10)16/h5-6,17H,2-4,7-9H2,1H3. The summed E-state index contributed by atoms with van der Waals surface area (Å²) in [5, 5.41) is 5.13. The second-order valence-electron chi connectivity index (χ2n) is 4.05. The molecule has 0 aliphatic rings. The van der Waals surface area contributed by atoms with Gasteiger partial charge in [0, 0.05) is 17.1 Å². The van der Waals surface area contributed by atoms with Crippen molar-refractivity contribution in [3.63, 3.8) is 0 Å². The SMILES string of the molecule is CSCCCCCNCc1c(Cl)ccc(Cl)c1Cl. The van der Waals surface area contributed by atoms with Crippen LogP contribution in [0, 0.1) is 0 Å². The summed E-state index contributed by atoms with van der Waals surface area (Å²) in [6, 6.07) is 3.50. The van der Waals surface area contributed by atoms with Crippen molar-refractivity contribution in [3.8, 4) is 0 Å². The van der Waals surface area contributed by atoms with Gasteiger partial charge in [0.2, 0.25) is 0 Å². The number of thioether (sulfide) groups is 1. The van der Waals surface area contributed by atoms with Gasteiger partial charge >= 0.3 is 0 Å². The zero-order chi connectivity index (χ0) is 13.4. The summed E-state index contributed by atoms with van der Waals surface area (Å²) in [6.45, 7) is 1.65. The molecule has 1 N–H and O–H groups in total. The predicted octanol–water partition coefficient (Wildman–Crippen LogP) is 5.27. The average molecular weight is 327 g/mol. The van der Waals surface area contributed by atoms with Crippen molar-refractivity contribution < 1.29 is 0 Å². The number of benzene rings is 1. The molecule has 0 unspecified atom stereocenters. The Morgan fingerprint density at radius 3 is 2.50 bits per heavy atom. The van der Waals surface area contributed by atoms with Crippen molar-refractivity contribution in [2.45, 2.75) is 25.8 Å². The molecule has 0 bridgehead atoms. The molecule has 0 saturated carbocycles. The number of rotatable bonds is 8. The van der Waals surface area contributed by atoms with E-state index in [9.17, 15) is 0 Å². The summed E-state index contributed by atoms with van der Waals surface area (Å²) < 4.78 is 0. The molecule has 1 rings (SSSR count). The van der Waals surface area contributed by atoms with Crippen LogP contribution < -0.4 is 5.32 Å². The summed E-state index contributed by atoms with van der Waals surface area (Å²) in [4.78, 5) is 0. The fourth-order valence-corrected chi connectivity index (χ4v) is 2.79. The minimum atomic E-state index is 0.554. The average Bonchev–Trinajstić information content (AvgIpc) is 2.36. The molecule has 0 atom stereocenters. The first-order valence-electron chi connectivity index (χ1n) is 5.99. The van der Waals surface area contributed by atoms with Crippen molar-refractivity contribution in [3.05, 3.63) is 32.8 Å². The van der Waals surface area contributed by atoms with E-state index in [-0.39, 0.29) is 0 Å². The number of hydrogen-bond donors (Lipinski definition) is 1. The third-order valence-corrected chi connectivity index (χ3v) is 4.54. The first kappa shape index (κ1) is 16.5. The van der Waals surface area contributed by atoms with Gasteiger partial charge in [0.15, 0.2) is 0 Å².